The topological polar surface area (TPSA) is 70.8 Å². The first kappa shape index (κ1) is 11.4. The fraction of sp³-hybridized carbons (Fsp3) is 0.889. The van der Waals surface area contributed by atoms with Gasteiger partial charge in [-0.1, -0.05) is 0 Å². The Hall–Kier alpha value is -0.650. The molecule has 2 atom stereocenters. The first-order valence-electron chi connectivity index (χ1n) is 4.80. The van der Waals surface area contributed by atoms with Gasteiger partial charge in [0.15, 0.2) is 6.29 Å². The molecule has 0 amide bonds. The van der Waals surface area contributed by atoms with Crippen LogP contribution in [0.3, 0.4) is 0 Å². The van der Waals surface area contributed by atoms with Gasteiger partial charge in [-0.15, -0.1) is 0 Å². The lowest BCUT2D eigenvalue weighted by molar-refractivity contribution is -0.170. The fourth-order valence-corrected chi connectivity index (χ4v) is 1.27. The van der Waals surface area contributed by atoms with E-state index in [0.717, 1.165) is 25.9 Å². The lowest BCUT2D eigenvalue weighted by Gasteiger charge is -2.23. The third-order valence-corrected chi connectivity index (χ3v) is 2.10. The van der Waals surface area contributed by atoms with Gasteiger partial charge in [0.2, 0.25) is 0 Å². The molecular formula is C9H17NO4. The largest absolute Gasteiger partial charge is 0.468 e. The van der Waals surface area contributed by atoms with Crippen molar-refractivity contribution in [2.75, 3.05) is 20.3 Å². The molecule has 0 aromatic carbocycles. The number of carbonyl (C=O) groups excluding carboxylic acids is 1. The summed E-state index contributed by atoms with van der Waals surface area (Å²) in [6.07, 6.45) is 2.83. The van der Waals surface area contributed by atoms with Crippen LogP contribution in [0.1, 0.15) is 19.3 Å². The van der Waals surface area contributed by atoms with Crippen LogP contribution in [0.15, 0.2) is 0 Å². The Bertz CT molecular complexity index is 180. The van der Waals surface area contributed by atoms with Crippen molar-refractivity contribution in [1.29, 1.82) is 0 Å². The molecule has 5 heteroatoms. The highest BCUT2D eigenvalue weighted by Crippen LogP contribution is 2.13. The predicted molar refractivity (Wildman–Crippen MR) is 49.5 cm³/mol. The second-order valence-electron chi connectivity index (χ2n) is 3.26. The molecule has 0 radical (unpaired) electrons. The Labute approximate surface area is 83.5 Å². The summed E-state index contributed by atoms with van der Waals surface area (Å²) in [5, 5.41) is 0. The smallest absolute Gasteiger partial charge is 0.325 e. The van der Waals surface area contributed by atoms with Crippen LogP contribution in [-0.2, 0) is 19.0 Å². The Morgan fingerprint density at radius 2 is 2.43 bits per heavy atom. The van der Waals surface area contributed by atoms with Crippen molar-refractivity contribution in [3.05, 3.63) is 0 Å². The second kappa shape index (κ2) is 5.95. The summed E-state index contributed by atoms with van der Waals surface area (Å²) >= 11 is 0. The van der Waals surface area contributed by atoms with Crippen molar-refractivity contribution in [3.63, 3.8) is 0 Å². The molecule has 1 heterocycles. The summed E-state index contributed by atoms with van der Waals surface area (Å²) in [7, 11) is 1.30. The highest BCUT2D eigenvalue weighted by atomic mass is 16.7. The van der Waals surface area contributed by atoms with Gasteiger partial charge in [0.25, 0.3) is 0 Å². The summed E-state index contributed by atoms with van der Waals surface area (Å²) in [5.74, 6) is -0.458. The van der Waals surface area contributed by atoms with Crippen LogP contribution in [0.25, 0.3) is 0 Å². The molecule has 0 saturated carbocycles. The molecule has 82 valence electrons. The first-order chi connectivity index (χ1) is 6.74. The molecule has 0 aromatic rings. The van der Waals surface area contributed by atoms with E-state index in [2.05, 4.69) is 4.74 Å². The van der Waals surface area contributed by atoms with E-state index in [9.17, 15) is 4.79 Å². The Morgan fingerprint density at radius 3 is 3.00 bits per heavy atom. The monoisotopic (exact) mass is 203 g/mol. The van der Waals surface area contributed by atoms with Crippen LogP contribution >= 0.6 is 0 Å². The van der Waals surface area contributed by atoms with Gasteiger partial charge in [-0.05, 0) is 19.3 Å². The molecule has 0 spiro atoms. The number of methoxy groups -OCH3 is 1. The molecule has 2 N–H and O–H groups in total. The van der Waals surface area contributed by atoms with Gasteiger partial charge in [-0.25, -0.2) is 0 Å². The van der Waals surface area contributed by atoms with E-state index >= 15 is 0 Å². The first-order valence-corrected chi connectivity index (χ1v) is 4.80. The zero-order chi connectivity index (χ0) is 10.4. The Morgan fingerprint density at radius 1 is 1.64 bits per heavy atom. The van der Waals surface area contributed by atoms with Gasteiger partial charge in [-0.3, -0.25) is 4.79 Å². The number of carbonyl (C=O) groups is 1. The van der Waals surface area contributed by atoms with E-state index < -0.39 is 12.0 Å². The lowest BCUT2D eigenvalue weighted by atomic mass is 10.2. The zero-order valence-electron chi connectivity index (χ0n) is 8.40. The second-order valence-corrected chi connectivity index (χ2v) is 3.26. The van der Waals surface area contributed by atoms with Crippen LogP contribution in [0, 0.1) is 0 Å². The lowest BCUT2D eigenvalue weighted by Crippen LogP contribution is -2.38. The van der Waals surface area contributed by atoms with Gasteiger partial charge in [0.1, 0.15) is 6.04 Å². The summed E-state index contributed by atoms with van der Waals surface area (Å²) in [6, 6.07) is -0.717. The van der Waals surface area contributed by atoms with Crippen molar-refractivity contribution in [2.24, 2.45) is 5.73 Å². The van der Waals surface area contributed by atoms with E-state index in [4.69, 9.17) is 15.2 Å². The standard InChI is InChI=1S/C9H17NO4/c1-12-9(11)7(10)6-14-8-4-2-3-5-13-8/h7-8H,2-6,10H2,1H3/t7-,8?/m0/s1. The minimum absolute atomic E-state index is 0.150. The van der Waals surface area contributed by atoms with E-state index in [1.807, 2.05) is 0 Å². The molecule has 1 rings (SSSR count). The highest BCUT2D eigenvalue weighted by molar-refractivity contribution is 5.75. The summed E-state index contributed by atoms with van der Waals surface area (Å²) in [6.45, 7) is 0.871. The minimum Gasteiger partial charge on any atom is -0.468 e. The molecule has 0 bridgehead atoms. The Balaban J connectivity index is 2.15. The summed E-state index contributed by atoms with van der Waals surface area (Å²) < 4.78 is 15.1. The number of esters is 1. The summed E-state index contributed by atoms with van der Waals surface area (Å²) in [5.41, 5.74) is 5.49. The Kier molecular flexibility index (Phi) is 4.86. The molecule has 1 aliphatic rings. The molecule has 5 nitrogen and oxygen atoms in total. The molecule has 1 fully saturated rings. The van der Waals surface area contributed by atoms with Crippen molar-refractivity contribution in [2.45, 2.75) is 31.6 Å². The van der Waals surface area contributed by atoms with Crippen LogP contribution < -0.4 is 5.73 Å². The number of ether oxygens (including phenoxy) is 3. The molecular weight excluding hydrogens is 186 g/mol. The van der Waals surface area contributed by atoms with Crippen molar-refractivity contribution >= 4 is 5.97 Å². The van der Waals surface area contributed by atoms with Gasteiger partial charge < -0.3 is 19.9 Å². The van der Waals surface area contributed by atoms with Gasteiger partial charge >= 0.3 is 5.97 Å². The van der Waals surface area contributed by atoms with Crippen molar-refractivity contribution < 1.29 is 19.0 Å². The molecule has 0 aromatic heterocycles. The van der Waals surface area contributed by atoms with Gasteiger partial charge in [-0.2, -0.15) is 0 Å². The third kappa shape index (κ3) is 3.61. The third-order valence-electron chi connectivity index (χ3n) is 2.10. The minimum atomic E-state index is -0.717. The average Bonchev–Trinajstić information content (AvgIpc) is 2.26. The maximum absolute atomic E-state index is 10.9. The zero-order valence-corrected chi connectivity index (χ0v) is 8.40. The average molecular weight is 203 g/mol. The molecule has 1 aliphatic heterocycles. The van der Waals surface area contributed by atoms with Crippen LogP contribution in [-0.4, -0.2) is 38.6 Å². The van der Waals surface area contributed by atoms with E-state index in [1.165, 1.54) is 7.11 Å². The van der Waals surface area contributed by atoms with E-state index in [0.29, 0.717) is 0 Å². The molecule has 0 aliphatic carbocycles. The highest BCUT2D eigenvalue weighted by Gasteiger charge is 2.19. The number of nitrogens with two attached hydrogens (primary N) is 1. The molecule has 1 unspecified atom stereocenters. The van der Waals surface area contributed by atoms with Crippen molar-refractivity contribution in [1.82, 2.24) is 0 Å². The number of hydrogen-bond donors (Lipinski definition) is 1. The molecule has 14 heavy (non-hydrogen) atoms. The molecule has 1 saturated heterocycles. The van der Waals surface area contributed by atoms with E-state index in [-0.39, 0.29) is 12.9 Å². The van der Waals surface area contributed by atoms with E-state index in [1.54, 1.807) is 0 Å². The fourth-order valence-electron chi connectivity index (χ4n) is 1.27. The SMILES string of the molecule is COC(=O)[C@@H](N)COC1CCCCO1. The normalized spacial score (nSPS) is 24.3. The van der Waals surface area contributed by atoms with Crippen LogP contribution in [0.2, 0.25) is 0 Å². The maximum Gasteiger partial charge on any atom is 0.325 e. The van der Waals surface area contributed by atoms with Crippen molar-refractivity contribution in [3.8, 4) is 0 Å². The maximum atomic E-state index is 10.9. The summed E-state index contributed by atoms with van der Waals surface area (Å²) in [4.78, 5) is 10.9. The van der Waals surface area contributed by atoms with Gasteiger partial charge in [0, 0.05) is 6.61 Å². The van der Waals surface area contributed by atoms with Crippen LogP contribution in [0.4, 0.5) is 0 Å². The van der Waals surface area contributed by atoms with Gasteiger partial charge in [0.05, 0.1) is 13.7 Å². The predicted octanol–water partition coefficient (Wildman–Crippen LogP) is 0.0299. The van der Waals surface area contributed by atoms with Crippen LogP contribution in [0.5, 0.6) is 0 Å². The number of hydrogen-bond acceptors (Lipinski definition) is 5. The quantitative estimate of drug-likeness (QED) is 0.653. The number of rotatable bonds is 4.